The molecule has 0 saturated carbocycles. The summed E-state index contributed by atoms with van der Waals surface area (Å²) in [4.78, 5) is 18.0. The van der Waals surface area contributed by atoms with Crippen molar-refractivity contribution in [3.63, 3.8) is 0 Å². The highest BCUT2D eigenvalue weighted by Crippen LogP contribution is 2.40. The van der Waals surface area contributed by atoms with Crippen LogP contribution in [0, 0.1) is 17.2 Å². The molecule has 176 valence electrons. The lowest BCUT2D eigenvalue weighted by Crippen LogP contribution is -2.51. The zero-order valence-electron chi connectivity index (χ0n) is 19.8. The molecule has 0 spiro atoms. The number of ether oxygens (including phenoxy) is 1. The second kappa shape index (κ2) is 9.70. The number of carbonyl (C=O) groups is 1. The van der Waals surface area contributed by atoms with Crippen LogP contribution in [-0.4, -0.2) is 48.1 Å². The highest BCUT2D eigenvalue weighted by Gasteiger charge is 2.40. The number of nitrogens with one attached hydrogen (secondary N) is 1. The second-order valence-electron chi connectivity index (χ2n) is 9.08. The predicted molar refractivity (Wildman–Crippen MR) is 132 cm³/mol. The molecule has 0 radical (unpaired) electrons. The van der Waals surface area contributed by atoms with Crippen molar-refractivity contribution in [1.29, 1.82) is 5.26 Å². The predicted octanol–water partition coefficient (Wildman–Crippen LogP) is 3.99. The fourth-order valence-corrected chi connectivity index (χ4v) is 4.78. The molecule has 2 aliphatic rings. The molecule has 2 aromatic carbocycles. The van der Waals surface area contributed by atoms with Crippen LogP contribution in [0.2, 0.25) is 0 Å². The van der Waals surface area contributed by atoms with Gasteiger partial charge in [0.25, 0.3) is 0 Å². The monoisotopic (exact) mass is 458 g/mol. The van der Waals surface area contributed by atoms with Gasteiger partial charge in [-0.2, -0.15) is 5.26 Å². The third kappa shape index (κ3) is 4.55. The van der Waals surface area contributed by atoms with Gasteiger partial charge >= 0.3 is 5.97 Å². The lowest BCUT2D eigenvalue weighted by atomic mass is 9.94. The first kappa shape index (κ1) is 23.5. The van der Waals surface area contributed by atoms with E-state index in [2.05, 4.69) is 40.0 Å². The van der Waals surface area contributed by atoms with E-state index in [1.807, 2.05) is 26.0 Å². The van der Waals surface area contributed by atoms with E-state index in [-0.39, 0.29) is 18.1 Å². The second-order valence-corrected chi connectivity index (χ2v) is 9.08. The number of amidine groups is 1. The number of aliphatic imine (C=N–C) groups is 1. The highest BCUT2D eigenvalue weighted by atomic mass is 16.5. The molecule has 34 heavy (non-hydrogen) atoms. The van der Waals surface area contributed by atoms with Crippen LogP contribution in [0.5, 0.6) is 5.75 Å². The van der Waals surface area contributed by atoms with Crippen molar-refractivity contribution in [2.24, 2.45) is 10.9 Å². The number of hydrogen-bond donors (Lipinski definition) is 2. The average Bonchev–Trinajstić information content (AvgIpc) is 3.20. The third-order valence-corrected chi connectivity index (χ3v) is 6.50. The van der Waals surface area contributed by atoms with Crippen molar-refractivity contribution in [1.82, 2.24) is 10.2 Å². The van der Waals surface area contributed by atoms with E-state index >= 15 is 0 Å². The molecule has 1 fully saturated rings. The van der Waals surface area contributed by atoms with Gasteiger partial charge in [-0.05, 0) is 61.6 Å². The normalized spacial score (nSPS) is 18.2. The van der Waals surface area contributed by atoms with Crippen molar-refractivity contribution in [3.8, 4) is 11.8 Å². The summed E-state index contributed by atoms with van der Waals surface area (Å²) in [5.41, 5.74) is 5.41. The number of hydrogen-bond acceptors (Lipinski definition) is 5. The summed E-state index contributed by atoms with van der Waals surface area (Å²) in [5, 5.41) is 22.1. The Morgan fingerprint density at radius 3 is 2.74 bits per heavy atom. The van der Waals surface area contributed by atoms with Gasteiger partial charge in [0.05, 0.1) is 17.6 Å². The quantitative estimate of drug-likeness (QED) is 0.481. The third-order valence-electron chi connectivity index (χ3n) is 6.50. The van der Waals surface area contributed by atoms with Crippen LogP contribution in [-0.2, 0) is 11.2 Å². The number of aliphatic carboxylic acids is 1. The molecule has 1 heterocycles. The Morgan fingerprint density at radius 2 is 2.09 bits per heavy atom. The summed E-state index contributed by atoms with van der Waals surface area (Å²) in [6.07, 6.45) is 1.87. The molecule has 1 aliphatic carbocycles. The van der Waals surface area contributed by atoms with E-state index in [1.54, 1.807) is 19.2 Å². The van der Waals surface area contributed by atoms with E-state index in [1.165, 1.54) is 11.1 Å². The SMILES string of the molecule is C=C(NC(=NC)c1cccc2c1CCC2N1CC(C(=O)O)C1)c1ccc(OC(C)C)c(C#N)c1. The molecular weight excluding hydrogens is 428 g/mol. The summed E-state index contributed by atoms with van der Waals surface area (Å²) in [6, 6.07) is 14.1. The van der Waals surface area contributed by atoms with Gasteiger partial charge in [0.1, 0.15) is 17.7 Å². The summed E-state index contributed by atoms with van der Waals surface area (Å²) < 4.78 is 5.72. The Balaban J connectivity index is 1.53. The van der Waals surface area contributed by atoms with Crippen molar-refractivity contribution in [3.05, 3.63) is 70.8 Å². The van der Waals surface area contributed by atoms with Crippen molar-refractivity contribution in [2.45, 2.75) is 38.8 Å². The van der Waals surface area contributed by atoms with Crippen LogP contribution in [0.4, 0.5) is 0 Å². The molecule has 2 N–H and O–H groups in total. The molecule has 0 amide bonds. The van der Waals surface area contributed by atoms with Gasteiger partial charge in [-0.3, -0.25) is 14.7 Å². The molecule has 7 nitrogen and oxygen atoms in total. The van der Waals surface area contributed by atoms with Gasteiger partial charge in [0.2, 0.25) is 0 Å². The van der Waals surface area contributed by atoms with Crippen LogP contribution in [0.15, 0.2) is 48.0 Å². The molecule has 0 bridgehead atoms. The Labute approximate surface area is 200 Å². The number of rotatable bonds is 7. The van der Waals surface area contributed by atoms with Crippen molar-refractivity contribution in [2.75, 3.05) is 20.1 Å². The highest BCUT2D eigenvalue weighted by molar-refractivity contribution is 6.04. The molecule has 1 atom stereocenters. The largest absolute Gasteiger partial charge is 0.490 e. The lowest BCUT2D eigenvalue weighted by molar-refractivity contribution is -0.148. The number of carboxylic acid groups (broad SMARTS) is 1. The molecular formula is C27H30N4O3. The molecule has 2 aromatic rings. The van der Waals surface area contributed by atoms with Gasteiger partial charge in [0.15, 0.2) is 0 Å². The molecule has 1 aliphatic heterocycles. The average molecular weight is 459 g/mol. The van der Waals surface area contributed by atoms with E-state index in [0.29, 0.717) is 30.1 Å². The van der Waals surface area contributed by atoms with Gasteiger partial charge in [0, 0.05) is 37.4 Å². The van der Waals surface area contributed by atoms with E-state index in [9.17, 15) is 15.2 Å². The zero-order chi connectivity index (χ0) is 24.4. The summed E-state index contributed by atoms with van der Waals surface area (Å²) in [6.45, 7) is 9.24. The first-order chi connectivity index (χ1) is 16.3. The number of benzene rings is 2. The fraction of sp³-hybridized carbons (Fsp3) is 0.370. The van der Waals surface area contributed by atoms with E-state index in [0.717, 1.165) is 29.8 Å². The Bertz CT molecular complexity index is 1190. The minimum Gasteiger partial charge on any atom is -0.490 e. The van der Waals surface area contributed by atoms with Crippen LogP contribution in [0.1, 0.15) is 54.1 Å². The first-order valence-electron chi connectivity index (χ1n) is 11.5. The number of carboxylic acids is 1. The summed E-state index contributed by atoms with van der Waals surface area (Å²) in [7, 11) is 1.74. The molecule has 4 rings (SSSR count). The summed E-state index contributed by atoms with van der Waals surface area (Å²) in [5.74, 6) is 0.298. The minimum atomic E-state index is -0.713. The van der Waals surface area contributed by atoms with E-state index < -0.39 is 5.97 Å². The maximum atomic E-state index is 11.2. The molecule has 0 aromatic heterocycles. The molecule has 1 unspecified atom stereocenters. The number of likely N-dealkylation sites (tertiary alicyclic amines) is 1. The Morgan fingerprint density at radius 1 is 1.32 bits per heavy atom. The van der Waals surface area contributed by atoms with Crippen LogP contribution in [0.25, 0.3) is 5.70 Å². The zero-order valence-corrected chi connectivity index (χ0v) is 19.8. The molecule has 7 heteroatoms. The molecule has 1 saturated heterocycles. The van der Waals surface area contributed by atoms with Crippen molar-refractivity contribution < 1.29 is 14.6 Å². The first-order valence-corrected chi connectivity index (χ1v) is 11.5. The standard InChI is InChI=1S/C27H30N4O3/c1-16(2)34-25-11-8-18(12-19(25)13-28)17(3)30-26(29-4)23-7-5-6-22-21(23)9-10-24(22)31-14-20(15-31)27(32)33/h5-8,11-12,16,20,24H,3,9-10,14-15H2,1-2,4H3,(H,29,30)(H,32,33). The van der Waals surface area contributed by atoms with E-state index in [4.69, 9.17) is 4.74 Å². The number of nitriles is 1. The lowest BCUT2D eigenvalue weighted by Gasteiger charge is -2.41. The van der Waals surface area contributed by atoms with Crippen LogP contribution < -0.4 is 10.1 Å². The maximum Gasteiger partial charge on any atom is 0.309 e. The van der Waals surface area contributed by atoms with Gasteiger partial charge < -0.3 is 15.2 Å². The Hall–Kier alpha value is -3.63. The number of fused-ring (bicyclic) bond motifs is 1. The van der Waals surface area contributed by atoms with Gasteiger partial charge in [-0.25, -0.2) is 0 Å². The number of nitrogens with zero attached hydrogens (tertiary/aromatic N) is 3. The summed E-state index contributed by atoms with van der Waals surface area (Å²) >= 11 is 0. The maximum absolute atomic E-state index is 11.2. The Kier molecular flexibility index (Phi) is 6.71. The van der Waals surface area contributed by atoms with Crippen molar-refractivity contribution >= 4 is 17.5 Å². The minimum absolute atomic E-state index is 0.0200. The topological polar surface area (TPSA) is 98.0 Å². The van der Waals surface area contributed by atoms with Gasteiger partial charge in [-0.1, -0.05) is 24.8 Å². The van der Waals surface area contributed by atoms with Crippen LogP contribution in [0.3, 0.4) is 0 Å². The van der Waals surface area contributed by atoms with Crippen LogP contribution >= 0.6 is 0 Å². The van der Waals surface area contributed by atoms with Gasteiger partial charge in [-0.15, -0.1) is 0 Å². The smallest absolute Gasteiger partial charge is 0.309 e. The fourth-order valence-electron chi connectivity index (χ4n) is 4.78.